The second kappa shape index (κ2) is 5.74. The van der Waals surface area contributed by atoms with Crippen molar-refractivity contribution in [3.8, 4) is 5.75 Å². The molecule has 1 aliphatic carbocycles. The molecule has 0 atom stereocenters. The maximum Gasteiger partial charge on any atom is 0.254 e. The van der Waals surface area contributed by atoms with Gasteiger partial charge >= 0.3 is 0 Å². The standard InChI is InChI=1S/C16H15Cl2NO2/c17-13-4-5-14(20)12(15(13)18)7-9-19-8-6-10-2-1-3-11(10)16(19)21/h4-6,8,20H,1-3,7,9H2. The van der Waals surface area contributed by atoms with Crippen molar-refractivity contribution in [2.75, 3.05) is 0 Å². The fourth-order valence-electron chi connectivity index (χ4n) is 2.84. The van der Waals surface area contributed by atoms with Crippen molar-refractivity contribution >= 4 is 23.2 Å². The van der Waals surface area contributed by atoms with Crippen molar-refractivity contribution in [1.82, 2.24) is 4.57 Å². The Labute approximate surface area is 132 Å². The largest absolute Gasteiger partial charge is 0.508 e. The first kappa shape index (κ1) is 14.5. The van der Waals surface area contributed by atoms with E-state index in [9.17, 15) is 9.90 Å². The third kappa shape index (κ3) is 2.68. The van der Waals surface area contributed by atoms with Crippen LogP contribution in [0.1, 0.15) is 23.1 Å². The van der Waals surface area contributed by atoms with Crippen LogP contribution in [-0.2, 0) is 25.8 Å². The predicted molar refractivity (Wildman–Crippen MR) is 84.6 cm³/mol. The lowest BCUT2D eigenvalue weighted by Crippen LogP contribution is -2.24. The Balaban J connectivity index is 1.87. The number of rotatable bonds is 3. The van der Waals surface area contributed by atoms with Gasteiger partial charge < -0.3 is 9.67 Å². The smallest absolute Gasteiger partial charge is 0.254 e. The summed E-state index contributed by atoms with van der Waals surface area (Å²) in [6, 6.07) is 5.10. The fraction of sp³-hybridized carbons (Fsp3) is 0.312. The van der Waals surface area contributed by atoms with E-state index in [2.05, 4.69) is 0 Å². The second-order valence-electron chi connectivity index (χ2n) is 5.28. The van der Waals surface area contributed by atoms with Crippen LogP contribution in [0.3, 0.4) is 0 Å². The van der Waals surface area contributed by atoms with E-state index < -0.39 is 0 Å². The van der Waals surface area contributed by atoms with Crippen LogP contribution < -0.4 is 5.56 Å². The van der Waals surface area contributed by atoms with Crippen LogP contribution in [0.15, 0.2) is 29.2 Å². The van der Waals surface area contributed by atoms with Crippen LogP contribution in [0.25, 0.3) is 0 Å². The minimum absolute atomic E-state index is 0.0719. The van der Waals surface area contributed by atoms with Crippen LogP contribution in [0.5, 0.6) is 5.75 Å². The first-order valence-electron chi connectivity index (χ1n) is 6.95. The zero-order valence-corrected chi connectivity index (χ0v) is 12.9. The molecule has 0 bridgehead atoms. The Kier molecular flexibility index (Phi) is 3.96. The molecule has 1 heterocycles. The molecule has 3 rings (SSSR count). The Morgan fingerprint density at radius 1 is 1.19 bits per heavy atom. The van der Waals surface area contributed by atoms with E-state index in [4.69, 9.17) is 23.2 Å². The van der Waals surface area contributed by atoms with Crippen molar-refractivity contribution in [2.45, 2.75) is 32.2 Å². The minimum atomic E-state index is 0.0719. The Bertz CT molecular complexity index is 753. The topological polar surface area (TPSA) is 42.2 Å². The van der Waals surface area contributed by atoms with E-state index in [1.807, 2.05) is 12.3 Å². The van der Waals surface area contributed by atoms with E-state index in [1.54, 1.807) is 10.6 Å². The molecular formula is C16H15Cl2NO2. The number of phenols is 1. The molecule has 0 amide bonds. The van der Waals surface area contributed by atoms with Gasteiger partial charge in [0.2, 0.25) is 0 Å². The van der Waals surface area contributed by atoms with E-state index in [0.717, 1.165) is 24.8 Å². The van der Waals surface area contributed by atoms with Crippen LogP contribution in [0.2, 0.25) is 10.0 Å². The SMILES string of the molecule is O=c1c2c(ccn1CCc1c(O)ccc(Cl)c1Cl)CCC2. The molecule has 2 aromatic rings. The fourth-order valence-corrected chi connectivity index (χ4v) is 3.28. The van der Waals surface area contributed by atoms with Gasteiger partial charge in [-0.2, -0.15) is 0 Å². The molecule has 0 fully saturated rings. The van der Waals surface area contributed by atoms with Gasteiger partial charge in [0.1, 0.15) is 5.75 Å². The van der Waals surface area contributed by atoms with E-state index in [-0.39, 0.29) is 11.3 Å². The molecule has 0 unspecified atom stereocenters. The summed E-state index contributed by atoms with van der Waals surface area (Å²) >= 11 is 12.1. The predicted octanol–water partition coefficient (Wildman–Crippen LogP) is 3.59. The summed E-state index contributed by atoms with van der Waals surface area (Å²) in [4.78, 5) is 12.4. The average Bonchev–Trinajstić information content (AvgIpc) is 2.94. The monoisotopic (exact) mass is 323 g/mol. The lowest BCUT2D eigenvalue weighted by atomic mass is 10.1. The van der Waals surface area contributed by atoms with Gasteiger partial charge in [0.05, 0.1) is 10.0 Å². The molecule has 110 valence electrons. The summed E-state index contributed by atoms with van der Waals surface area (Å²) in [5.41, 5.74) is 2.75. The highest BCUT2D eigenvalue weighted by molar-refractivity contribution is 6.42. The molecule has 0 radical (unpaired) electrons. The molecule has 0 aliphatic heterocycles. The third-order valence-electron chi connectivity index (χ3n) is 4.01. The normalized spacial score (nSPS) is 13.4. The Morgan fingerprint density at radius 2 is 2.00 bits per heavy atom. The number of hydrogen-bond acceptors (Lipinski definition) is 2. The second-order valence-corrected chi connectivity index (χ2v) is 6.07. The number of nitrogens with zero attached hydrogens (tertiary/aromatic N) is 1. The average molecular weight is 324 g/mol. The third-order valence-corrected chi connectivity index (χ3v) is 4.85. The van der Waals surface area contributed by atoms with Crippen molar-refractivity contribution in [3.63, 3.8) is 0 Å². The lowest BCUT2D eigenvalue weighted by Gasteiger charge is -2.11. The molecule has 1 N–H and O–H groups in total. The molecule has 0 saturated heterocycles. The highest BCUT2D eigenvalue weighted by Crippen LogP contribution is 2.32. The van der Waals surface area contributed by atoms with Gasteiger partial charge in [-0.25, -0.2) is 0 Å². The summed E-state index contributed by atoms with van der Waals surface area (Å²) < 4.78 is 1.68. The van der Waals surface area contributed by atoms with Gasteiger partial charge in [0.15, 0.2) is 0 Å². The molecule has 0 saturated carbocycles. The number of aryl methyl sites for hydroxylation is 2. The number of halogens is 2. The number of aromatic hydroxyl groups is 1. The first-order chi connectivity index (χ1) is 10.1. The summed E-state index contributed by atoms with van der Waals surface area (Å²) in [7, 11) is 0. The maximum atomic E-state index is 12.4. The van der Waals surface area contributed by atoms with Gasteiger partial charge in [-0.05, 0) is 49.4 Å². The van der Waals surface area contributed by atoms with E-state index in [1.165, 1.54) is 11.6 Å². The molecule has 1 aromatic carbocycles. The summed E-state index contributed by atoms with van der Waals surface area (Å²) in [5.74, 6) is 0.110. The highest BCUT2D eigenvalue weighted by atomic mass is 35.5. The molecular weight excluding hydrogens is 309 g/mol. The Hall–Kier alpha value is -1.45. The van der Waals surface area contributed by atoms with Crippen LogP contribution >= 0.6 is 23.2 Å². The van der Waals surface area contributed by atoms with Gasteiger partial charge in [0, 0.05) is 23.9 Å². The number of fused-ring (bicyclic) bond motifs is 1. The molecule has 0 spiro atoms. The van der Waals surface area contributed by atoms with E-state index >= 15 is 0 Å². The number of aromatic nitrogens is 1. The number of hydrogen-bond donors (Lipinski definition) is 1. The summed E-state index contributed by atoms with van der Waals surface area (Å²) in [6.07, 6.45) is 5.19. The zero-order chi connectivity index (χ0) is 15.0. The van der Waals surface area contributed by atoms with E-state index in [0.29, 0.717) is 28.6 Å². The molecule has 21 heavy (non-hydrogen) atoms. The van der Waals surface area contributed by atoms with Gasteiger partial charge in [-0.15, -0.1) is 0 Å². The van der Waals surface area contributed by atoms with Gasteiger partial charge in [0.25, 0.3) is 5.56 Å². The first-order valence-corrected chi connectivity index (χ1v) is 7.70. The van der Waals surface area contributed by atoms with Crippen LogP contribution in [0.4, 0.5) is 0 Å². The lowest BCUT2D eigenvalue weighted by molar-refractivity contribution is 0.465. The van der Waals surface area contributed by atoms with Crippen molar-refractivity contribution in [2.24, 2.45) is 0 Å². The summed E-state index contributed by atoms with van der Waals surface area (Å²) in [5, 5.41) is 10.6. The number of benzene rings is 1. The molecule has 1 aliphatic rings. The number of phenolic OH excluding ortho intramolecular Hbond substituents is 1. The molecule has 5 heteroatoms. The number of pyridine rings is 1. The van der Waals surface area contributed by atoms with Crippen LogP contribution in [-0.4, -0.2) is 9.67 Å². The zero-order valence-electron chi connectivity index (χ0n) is 11.4. The van der Waals surface area contributed by atoms with Crippen molar-refractivity contribution < 1.29 is 5.11 Å². The van der Waals surface area contributed by atoms with Gasteiger partial charge in [-0.3, -0.25) is 4.79 Å². The molecule has 3 nitrogen and oxygen atoms in total. The Morgan fingerprint density at radius 3 is 2.81 bits per heavy atom. The van der Waals surface area contributed by atoms with Crippen LogP contribution in [0, 0.1) is 0 Å². The molecule has 1 aromatic heterocycles. The summed E-state index contributed by atoms with van der Waals surface area (Å²) in [6.45, 7) is 0.472. The van der Waals surface area contributed by atoms with Crippen molar-refractivity contribution in [1.29, 1.82) is 0 Å². The quantitative estimate of drug-likeness (QED) is 0.937. The highest BCUT2D eigenvalue weighted by Gasteiger charge is 2.16. The minimum Gasteiger partial charge on any atom is -0.508 e. The maximum absolute atomic E-state index is 12.4. The van der Waals surface area contributed by atoms with Crippen molar-refractivity contribution in [3.05, 3.63) is 61.5 Å². The van der Waals surface area contributed by atoms with Gasteiger partial charge in [-0.1, -0.05) is 23.2 Å².